The van der Waals surface area contributed by atoms with Crippen LogP contribution in [0.3, 0.4) is 0 Å². The molecule has 1 unspecified atom stereocenters. The highest BCUT2D eigenvalue weighted by molar-refractivity contribution is 5.87. The third-order valence-corrected chi connectivity index (χ3v) is 4.49. The van der Waals surface area contributed by atoms with Gasteiger partial charge in [-0.05, 0) is 18.6 Å². The minimum atomic E-state index is -4.39. The molecule has 0 N–H and O–H groups in total. The van der Waals surface area contributed by atoms with Crippen molar-refractivity contribution < 1.29 is 22.7 Å². The largest absolute Gasteiger partial charge is 0.464 e. The van der Waals surface area contributed by atoms with Crippen LogP contribution in [0.15, 0.2) is 49.2 Å². The van der Waals surface area contributed by atoms with Crippen molar-refractivity contribution in [2.24, 2.45) is 0 Å². The second kappa shape index (κ2) is 8.42. The molecule has 0 aliphatic rings. The van der Waals surface area contributed by atoms with Gasteiger partial charge in [0.1, 0.15) is 5.69 Å². The highest BCUT2D eigenvalue weighted by atomic mass is 19.4. The van der Waals surface area contributed by atoms with E-state index in [-0.39, 0.29) is 6.04 Å². The maximum atomic E-state index is 12.7. The average Bonchev–Trinajstić information content (AvgIpc) is 3.20. The van der Waals surface area contributed by atoms with Gasteiger partial charge in [-0.25, -0.2) is 19.7 Å². The molecule has 0 saturated carbocycles. The number of hydrogen-bond donors (Lipinski definition) is 0. The Bertz CT molecular complexity index is 967. The number of halogens is 3. The van der Waals surface area contributed by atoms with Gasteiger partial charge in [0.15, 0.2) is 5.82 Å². The molecule has 0 aliphatic heterocycles. The number of esters is 1. The van der Waals surface area contributed by atoms with Crippen molar-refractivity contribution in [2.45, 2.75) is 32.0 Å². The Morgan fingerprint density at radius 3 is 2.34 bits per heavy atom. The lowest BCUT2D eigenvalue weighted by atomic mass is 10.0. The Balaban J connectivity index is 1.89. The lowest BCUT2D eigenvalue weighted by Crippen LogP contribution is -2.17. The number of hydrogen-bond acceptors (Lipinski definition) is 5. The van der Waals surface area contributed by atoms with Crippen molar-refractivity contribution >= 4 is 5.97 Å². The molecule has 0 fully saturated rings. The quantitative estimate of drug-likeness (QED) is 0.565. The minimum Gasteiger partial charge on any atom is -0.464 e. The molecule has 0 amide bonds. The molecule has 3 aromatic rings. The first kappa shape index (κ1) is 20.5. The molecule has 6 nitrogen and oxygen atoms in total. The number of carbonyl (C=O) groups is 1. The average molecular weight is 404 g/mol. The van der Waals surface area contributed by atoms with E-state index in [0.717, 1.165) is 24.1 Å². The van der Waals surface area contributed by atoms with Gasteiger partial charge in [0.25, 0.3) is 0 Å². The third kappa shape index (κ3) is 4.44. The SMILES string of the molecule is CCCC(c1cnc(-c2ccc(C(F)(F)F)cc2)nc1)n1cncc1C(=O)OC. The maximum Gasteiger partial charge on any atom is 0.416 e. The van der Waals surface area contributed by atoms with Crippen LogP contribution in [0.2, 0.25) is 0 Å². The van der Waals surface area contributed by atoms with Crippen molar-refractivity contribution in [3.05, 3.63) is 66.0 Å². The lowest BCUT2D eigenvalue weighted by Gasteiger charge is -2.20. The summed E-state index contributed by atoms with van der Waals surface area (Å²) in [6.45, 7) is 2.01. The second-order valence-corrected chi connectivity index (χ2v) is 6.40. The topological polar surface area (TPSA) is 69.9 Å². The minimum absolute atomic E-state index is 0.224. The normalized spacial score (nSPS) is 12.6. The van der Waals surface area contributed by atoms with Gasteiger partial charge in [0.2, 0.25) is 0 Å². The number of benzene rings is 1. The molecule has 0 aliphatic carbocycles. The lowest BCUT2D eigenvalue weighted by molar-refractivity contribution is -0.137. The first-order valence-electron chi connectivity index (χ1n) is 8.94. The standard InChI is InChI=1S/C20H19F3N4O2/c1-3-4-16(27-12-24-11-17(27)19(28)29-2)14-9-25-18(26-10-14)13-5-7-15(8-6-13)20(21,22)23/h5-12,16H,3-4H2,1-2H3. The Kier molecular flexibility index (Phi) is 5.95. The molecule has 2 aromatic heterocycles. The van der Waals surface area contributed by atoms with E-state index in [4.69, 9.17) is 4.74 Å². The molecule has 1 aromatic carbocycles. The summed E-state index contributed by atoms with van der Waals surface area (Å²) in [6.07, 6.45) is 3.37. The van der Waals surface area contributed by atoms with Gasteiger partial charge in [-0.3, -0.25) is 0 Å². The van der Waals surface area contributed by atoms with E-state index in [0.29, 0.717) is 23.5 Å². The van der Waals surface area contributed by atoms with Crippen LogP contribution in [0.5, 0.6) is 0 Å². The van der Waals surface area contributed by atoms with E-state index in [1.165, 1.54) is 25.4 Å². The zero-order valence-corrected chi connectivity index (χ0v) is 15.8. The van der Waals surface area contributed by atoms with Crippen LogP contribution in [0.25, 0.3) is 11.4 Å². The molecule has 9 heteroatoms. The van der Waals surface area contributed by atoms with Gasteiger partial charge >= 0.3 is 12.1 Å². The highest BCUT2D eigenvalue weighted by Gasteiger charge is 2.30. The van der Waals surface area contributed by atoms with Crippen LogP contribution < -0.4 is 0 Å². The summed E-state index contributed by atoms with van der Waals surface area (Å²) in [6, 6.07) is 4.46. The van der Waals surface area contributed by atoms with E-state index in [1.807, 2.05) is 6.92 Å². The summed E-state index contributed by atoms with van der Waals surface area (Å²) in [5, 5.41) is 0. The fourth-order valence-electron chi connectivity index (χ4n) is 3.02. The maximum absolute atomic E-state index is 12.7. The number of aromatic nitrogens is 4. The Labute approximate surface area is 165 Å². The first-order chi connectivity index (χ1) is 13.8. The fraction of sp³-hybridized carbons (Fsp3) is 0.300. The van der Waals surface area contributed by atoms with Gasteiger partial charge in [-0.15, -0.1) is 0 Å². The van der Waals surface area contributed by atoms with E-state index in [2.05, 4.69) is 15.0 Å². The second-order valence-electron chi connectivity index (χ2n) is 6.40. The molecular weight excluding hydrogens is 385 g/mol. The Morgan fingerprint density at radius 1 is 1.14 bits per heavy atom. The summed E-state index contributed by atoms with van der Waals surface area (Å²) in [7, 11) is 1.30. The van der Waals surface area contributed by atoms with Crippen LogP contribution in [-0.2, 0) is 10.9 Å². The summed E-state index contributed by atoms with van der Waals surface area (Å²) in [5.41, 5.74) is 0.828. The van der Waals surface area contributed by atoms with Crippen molar-refractivity contribution in [1.29, 1.82) is 0 Å². The van der Waals surface area contributed by atoms with E-state index in [9.17, 15) is 18.0 Å². The molecule has 1 atom stereocenters. The molecule has 0 radical (unpaired) electrons. The fourth-order valence-corrected chi connectivity index (χ4v) is 3.02. The van der Waals surface area contributed by atoms with E-state index >= 15 is 0 Å². The van der Waals surface area contributed by atoms with Crippen LogP contribution in [0.4, 0.5) is 13.2 Å². The zero-order valence-electron chi connectivity index (χ0n) is 15.8. The van der Waals surface area contributed by atoms with Crippen molar-refractivity contribution in [3.8, 4) is 11.4 Å². The predicted octanol–water partition coefficient (Wildman–Crippen LogP) is 4.54. The van der Waals surface area contributed by atoms with Gasteiger partial charge in [-0.2, -0.15) is 13.2 Å². The number of rotatable bonds is 6. The van der Waals surface area contributed by atoms with Crippen LogP contribution in [0.1, 0.15) is 47.4 Å². The van der Waals surface area contributed by atoms with Crippen LogP contribution in [0, 0.1) is 0 Å². The Hall–Kier alpha value is -3.23. The summed E-state index contributed by atoms with van der Waals surface area (Å²) < 4.78 is 44.7. The van der Waals surface area contributed by atoms with Gasteiger partial charge in [0, 0.05) is 23.5 Å². The first-order valence-corrected chi connectivity index (χ1v) is 8.94. The predicted molar refractivity (Wildman–Crippen MR) is 99.1 cm³/mol. The molecule has 3 rings (SSSR count). The Morgan fingerprint density at radius 2 is 1.79 bits per heavy atom. The number of alkyl halides is 3. The van der Waals surface area contributed by atoms with Gasteiger partial charge in [-0.1, -0.05) is 25.5 Å². The molecular formula is C20H19F3N4O2. The zero-order chi connectivity index (χ0) is 21.0. The summed E-state index contributed by atoms with van der Waals surface area (Å²) >= 11 is 0. The third-order valence-electron chi connectivity index (χ3n) is 4.49. The van der Waals surface area contributed by atoms with Gasteiger partial charge in [0.05, 0.1) is 31.2 Å². The molecule has 2 heterocycles. The van der Waals surface area contributed by atoms with Crippen molar-refractivity contribution in [2.75, 3.05) is 7.11 Å². The summed E-state index contributed by atoms with van der Waals surface area (Å²) in [5.74, 6) is -0.178. The van der Waals surface area contributed by atoms with E-state index in [1.54, 1.807) is 23.3 Å². The molecule has 0 bridgehead atoms. The number of methoxy groups -OCH3 is 1. The molecule has 0 spiro atoms. The molecule has 0 saturated heterocycles. The smallest absolute Gasteiger partial charge is 0.416 e. The van der Waals surface area contributed by atoms with Crippen LogP contribution >= 0.6 is 0 Å². The number of imidazole rings is 1. The number of nitrogens with zero attached hydrogens (tertiary/aromatic N) is 4. The number of ether oxygens (including phenoxy) is 1. The monoisotopic (exact) mass is 404 g/mol. The number of carbonyl (C=O) groups excluding carboxylic acids is 1. The van der Waals surface area contributed by atoms with Crippen molar-refractivity contribution in [1.82, 2.24) is 19.5 Å². The summed E-state index contributed by atoms with van der Waals surface area (Å²) in [4.78, 5) is 24.6. The van der Waals surface area contributed by atoms with Crippen LogP contribution in [-0.4, -0.2) is 32.6 Å². The van der Waals surface area contributed by atoms with E-state index < -0.39 is 17.7 Å². The molecule has 152 valence electrons. The highest BCUT2D eigenvalue weighted by Crippen LogP contribution is 2.31. The van der Waals surface area contributed by atoms with Crippen molar-refractivity contribution in [3.63, 3.8) is 0 Å². The molecule has 29 heavy (non-hydrogen) atoms. The van der Waals surface area contributed by atoms with Gasteiger partial charge < -0.3 is 9.30 Å².